The van der Waals surface area contributed by atoms with E-state index < -0.39 is 0 Å². The molecule has 0 spiro atoms. The molecule has 2 rings (SSSR count). The number of nitrogens with two attached hydrogens (primary N) is 1. The van der Waals surface area contributed by atoms with Gasteiger partial charge in [0, 0.05) is 26.2 Å². The van der Waals surface area contributed by atoms with Crippen LogP contribution in [0.1, 0.15) is 32.1 Å². The fourth-order valence-electron chi connectivity index (χ4n) is 2.81. The van der Waals surface area contributed by atoms with Crippen LogP contribution in [0.25, 0.3) is 0 Å². The largest absolute Gasteiger partial charge is 0.328 e. The molecule has 82 valence electrons. The average Bonchev–Trinajstić information content (AvgIpc) is 2.67. The summed E-state index contributed by atoms with van der Waals surface area (Å²) >= 11 is 0. The highest BCUT2D eigenvalue weighted by Crippen LogP contribution is 2.25. The summed E-state index contributed by atoms with van der Waals surface area (Å²) in [5.74, 6) is 0.942. The quantitative estimate of drug-likeness (QED) is 0.702. The van der Waals surface area contributed by atoms with E-state index in [2.05, 4.69) is 10.2 Å². The van der Waals surface area contributed by atoms with E-state index in [0.717, 1.165) is 19.0 Å². The summed E-state index contributed by atoms with van der Waals surface area (Å²) in [6.45, 7) is 4.34. The van der Waals surface area contributed by atoms with Gasteiger partial charge in [0.05, 0.1) is 6.17 Å². The lowest BCUT2D eigenvalue weighted by atomic mass is 9.89. The third-order valence-electron chi connectivity index (χ3n) is 3.66. The Hall–Kier alpha value is -0.120. The second-order valence-corrected chi connectivity index (χ2v) is 4.70. The van der Waals surface area contributed by atoms with E-state index in [0.29, 0.717) is 6.17 Å². The molecule has 1 aliphatic carbocycles. The minimum Gasteiger partial charge on any atom is -0.328 e. The van der Waals surface area contributed by atoms with E-state index in [1.54, 1.807) is 0 Å². The molecule has 1 saturated heterocycles. The van der Waals surface area contributed by atoms with Gasteiger partial charge in [-0.05, 0) is 18.8 Å². The Labute approximate surface area is 87.0 Å². The van der Waals surface area contributed by atoms with Gasteiger partial charge < -0.3 is 5.73 Å². The lowest BCUT2D eigenvalue weighted by Gasteiger charge is -2.29. The van der Waals surface area contributed by atoms with Gasteiger partial charge in [0.25, 0.3) is 0 Å². The smallest absolute Gasteiger partial charge is 0.0724 e. The molecule has 1 unspecified atom stereocenters. The number of hydrogen-bond acceptors (Lipinski definition) is 3. The highest BCUT2D eigenvalue weighted by Gasteiger charge is 2.25. The van der Waals surface area contributed by atoms with Crippen molar-refractivity contribution in [2.24, 2.45) is 11.7 Å². The van der Waals surface area contributed by atoms with E-state index in [1.807, 2.05) is 0 Å². The summed E-state index contributed by atoms with van der Waals surface area (Å²) < 4.78 is 0. The Balaban J connectivity index is 1.77. The molecule has 0 amide bonds. The molecule has 1 heterocycles. The van der Waals surface area contributed by atoms with Crippen LogP contribution in [0, 0.1) is 5.92 Å². The van der Waals surface area contributed by atoms with Gasteiger partial charge in [0.2, 0.25) is 0 Å². The Bertz CT molecular complexity index is 166. The molecule has 0 aromatic rings. The standard InChI is InChI=1S/C11H23N3/c12-8-11-13-6-7-14(11)9-10-4-2-1-3-5-10/h10-11,13H,1-9,12H2. The predicted octanol–water partition coefficient (Wildman–Crippen LogP) is 0.757. The number of hydrogen-bond donors (Lipinski definition) is 2. The maximum absolute atomic E-state index is 5.73. The van der Waals surface area contributed by atoms with Crippen molar-refractivity contribution in [1.82, 2.24) is 10.2 Å². The van der Waals surface area contributed by atoms with Gasteiger partial charge in [-0.3, -0.25) is 10.2 Å². The van der Waals surface area contributed by atoms with Crippen LogP contribution in [0.15, 0.2) is 0 Å². The normalized spacial score (nSPS) is 31.1. The van der Waals surface area contributed by atoms with Crippen molar-refractivity contribution in [2.45, 2.75) is 38.3 Å². The third kappa shape index (κ3) is 2.47. The van der Waals surface area contributed by atoms with Crippen LogP contribution < -0.4 is 11.1 Å². The van der Waals surface area contributed by atoms with Gasteiger partial charge in [0.15, 0.2) is 0 Å². The number of nitrogens with one attached hydrogen (secondary N) is 1. The molecule has 1 saturated carbocycles. The summed E-state index contributed by atoms with van der Waals surface area (Å²) in [6, 6.07) is 0. The van der Waals surface area contributed by atoms with Crippen LogP contribution in [-0.4, -0.2) is 37.2 Å². The lowest BCUT2D eigenvalue weighted by molar-refractivity contribution is 0.184. The summed E-state index contributed by atoms with van der Waals surface area (Å²) in [5, 5.41) is 3.45. The molecule has 0 bridgehead atoms. The van der Waals surface area contributed by atoms with Gasteiger partial charge in [0.1, 0.15) is 0 Å². The van der Waals surface area contributed by atoms with E-state index >= 15 is 0 Å². The maximum Gasteiger partial charge on any atom is 0.0724 e. The Morgan fingerprint density at radius 1 is 1.21 bits per heavy atom. The molecule has 1 atom stereocenters. The first kappa shape index (κ1) is 10.4. The molecule has 14 heavy (non-hydrogen) atoms. The third-order valence-corrected chi connectivity index (χ3v) is 3.66. The van der Waals surface area contributed by atoms with Crippen molar-refractivity contribution in [3.8, 4) is 0 Å². The molecular formula is C11H23N3. The number of nitrogens with zero attached hydrogens (tertiary/aromatic N) is 1. The van der Waals surface area contributed by atoms with E-state index in [4.69, 9.17) is 5.73 Å². The monoisotopic (exact) mass is 197 g/mol. The molecule has 3 nitrogen and oxygen atoms in total. The zero-order chi connectivity index (χ0) is 9.80. The average molecular weight is 197 g/mol. The highest BCUT2D eigenvalue weighted by atomic mass is 15.3. The van der Waals surface area contributed by atoms with E-state index in [9.17, 15) is 0 Å². The van der Waals surface area contributed by atoms with Gasteiger partial charge in [-0.15, -0.1) is 0 Å². The molecule has 2 aliphatic rings. The van der Waals surface area contributed by atoms with Gasteiger partial charge in [-0.2, -0.15) is 0 Å². The minimum atomic E-state index is 0.455. The van der Waals surface area contributed by atoms with Crippen molar-refractivity contribution in [3.05, 3.63) is 0 Å². The fraction of sp³-hybridized carbons (Fsp3) is 1.00. The summed E-state index contributed by atoms with van der Waals surface area (Å²) in [7, 11) is 0. The highest BCUT2D eigenvalue weighted by molar-refractivity contribution is 4.81. The molecule has 3 heteroatoms. The van der Waals surface area contributed by atoms with Gasteiger partial charge in [-0.1, -0.05) is 19.3 Å². The molecule has 2 fully saturated rings. The first-order chi connectivity index (χ1) is 6.90. The lowest BCUT2D eigenvalue weighted by Crippen LogP contribution is -2.44. The minimum absolute atomic E-state index is 0.455. The van der Waals surface area contributed by atoms with Crippen LogP contribution in [0.3, 0.4) is 0 Å². The maximum atomic E-state index is 5.73. The predicted molar refractivity (Wildman–Crippen MR) is 59.0 cm³/mol. The van der Waals surface area contributed by atoms with Crippen molar-refractivity contribution in [1.29, 1.82) is 0 Å². The summed E-state index contributed by atoms with van der Waals surface area (Å²) in [6.07, 6.45) is 7.67. The second-order valence-electron chi connectivity index (χ2n) is 4.70. The van der Waals surface area contributed by atoms with Crippen molar-refractivity contribution in [3.63, 3.8) is 0 Å². The molecular weight excluding hydrogens is 174 g/mol. The van der Waals surface area contributed by atoms with Crippen molar-refractivity contribution >= 4 is 0 Å². The van der Waals surface area contributed by atoms with Crippen LogP contribution in [0.4, 0.5) is 0 Å². The van der Waals surface area contributed by atoms with Crippen LogP contribution in [-0.2, 0) is 0 Å². The van der Waals surface area contributed by atoms with E-state index in [1.165, 1.54) is 45.2 Å². The summed E-state index contributed by atoms with van der Waals surface area (Å²) in [4.78, 5) is 2.54. The molecule has 0 aromatic heterocycles. The number of rotatable bonds is 3. The topological polar surface area (TPSA) is 41.3 Å². The Morgan fingerprint density at radius 2 is 2.00 bits per heavy atom. The van der Waals surface area contributed by atoms with Crippen molar-refractivity contribution in [2.75, 3.05) is 26.2 Å². The summed E-state index contributed by atoms with van der Waals surface area (Å²) in [5.41, 5.74) is 5.73. The molecule has 3 N–H and O–H groups in total. The van der Waals surface area contributed by atoms with Crippen LogP contribution >= 0.6 is 0 Å². The first-order valence-electron chi connectivity index (χ1n) is 6.07. The zero-order valence-electron chi connectivity index (χ0n) is 9.04. The molecule has 1 aliphatic heterocycles. The fourth-order valence-corrected chi connectivity index (χ4v) is 2.81. The van der Waals surface area contributed by atoms with Gasteiger partial charge >= 0.3 is 0 Å². The Kier molecular flexibility index (Phi) is 3.79. The van der Waals surface area contributed by atoms with Crippen molar-refractivity contribution < 1.29 is 0 Å². The van der Waals surface area contributed by atoms with Crippen LogP contribution in [0.5, 0.6) is 0 Å². The molecule has 0 aromatic carbocycles. The van der Waals surface area contributed by atoms with E-state index in [-0.39, 0.29) is 0 Å². The SMILES string of the molecule is NCC1NCCN1CC1CCCCC1. The zero-order valence-corrected chi connectivity index (χ0v) is 9.04. The van der Waals surface area contributed by atoms with Crippen LogP contribution in [0.2, 0.25) is 0 Å². The second kappa shape index (κ2) is 5.10. The molecule has 0 radical (unpaired) electrons. The first-order valence-corrected chi connectivity index (χ1v) is 6.07. The van der Waals surface area contributed by atoms with Gasteiger partial charge in [-0.25, -0.2) is 0 Å². The Morgan fingerprint density at radius 3 is 2.71 bits per heavy atom.